The molecule has 0 aliphatic carbocycles. The molecule has 0 aromatic heterocycles. The highest BCUT2D eigenvalue weighted by Crippen LogP contribution is 2.15. The second-order valence-corrected chi connectivity index (χ2v) is 11.3. The molecule has 0 rings (SSSR count). The molecule has 1 unspecified atom stereocenters. The number of hydrogen-bond donors (Lipinski definition) is 1. The largest absolute Gasteiger partial charge is 0.457 e. The monoisotopic (exact) mass is 526 g/mol. The standard InChI is InChI=1S/C33H66O4/c1-3-5-7-9-10-11-12-13-14-15-16-17-18-19-20-21-22-23-25-27-29-36-31-32(30-34)37-33(35)28-26-24-8-6-4-2/h32,34H,3-31H2,1-2H3. The fraction of sp³-hybridized carbons (Fsp3) is 0.970. The summed E-state index contributed by atoms with van der Waals surface area (Å²) in [5.41, 5.74) is 0. The van der Waals surface area contributed by atoms with E-state index in [1.165, 1.54) is 141 Å². The molecule has 0 bridgehead atoms. The normalized spacial score (nSPS) is 12.2. The van der Waals surface area contributed by atoms with Gasteiger partial charge < -0.3 is 14.6 Å². The third-order valence-electron chi connectivity index (χ3n) is 7.43. The number of aliphatic hydroxyl groups excluding tert-OH is 1. The smallest absolute Gasteiger partial charge is 0.306 e. The Morgan fingerprint density at radius 2 is 0.892 bits per heavy atom. The van der Waals surface area contributed by atoms with Gasteiger partial charge in [-0.25, -0.2) is 0 Å². The zero-order chi connectivity index (χ0) is 27.1. The Morgan fingerprint density at radius 1 is 0.541 bits per heavy atom. The third kappa shape index (κ3) is 29.8. The predicted octanol–water partition coefficient (Wildman–Crippen LogP) is 10.1. The van der Waals surface area contributed by atoms with Crippen molar-refractivity contribution in [2.75, 3.05) is 19.8 Å². The average Bonchev–Trinajstić information content (AvgIpc) is 2.90. The van der Waals surface area contributed by atoms with E-state index in [2.05, 4.69) is 13.8 Å². The lowest BCUT2D eigenvalue weighted by Gasteiger charge is -2.15. The Hall–Kier alpha value is -0.610. The van der Waals surface area contributed by atoms with Gasteiger partial charge in [0.15, 0.2) is 0 Å². The van der Waals surface area contributed by atoms with Crippen molar-refractivity contribution in [2.24, 2.45) is 0 Å². The molecule has 0 heterocycles. The summed E-state index contributed by atoms with van der Waals surface area (Å²) in [6.07, 6.45) is 33.1. The third-order valence-corrected chi connectivity index (χ3v) is 7.43. The second kappa shape index (κ2) is 31.6. The highest BCUT2D eigenvalue weighted by molar-refractivity contribution is 5.69. The molecule has 4 nitrogen and oxygen atoms in total. The van der Waals surface area contributed by atoms with Crippen LogP contribution in [0.15, 0.2) is 0 Å². The summed E-state index contributed by atoms with van der Waals surface area (Å²) in [6.45, 7) is 5.29. The molecule has 0 saturated heterocycles. The zero-order valence-corrected chi connectivity index (χ0v) is 25.3. The summed E-state index contributed by atoms with van der Waals surface area (Å²) in [6, 6.07) is 0. The minimum absolute atomic E-state index is 0.166. The molecule has 222 valence electrons. The highest BCUT2D eigenvalue weighted by Gasteiger charge is 2.13. The maximum atomic E-state index is 11.9. The number of carbonyl (C=O) groups excluding carboxylic acids is 1. The molecule has 1 N–H and O–H groups in total. The van der Waals surface area contributed by atoms with Crippen molar-refractivity contribution in [2.45, 2.75) is 187 Å². The van der Waals surface area contributed by atoms with E-state index in [-0.39, 0.29) is 12.6 Å². The first kappa shape index (κ1) is 36.4. The number of unbranched alkanes of at least 4 members (excludes halogenated alkanes) is 23. The Bertz CT molecular complexity index is 440. The molecule has 0 aliphatic rings. The number of aliphatic hydroxyl groups is 1. The van der Waals surface area contributed by atoms with E-state index in [0.717, 1.165) is 19.3 Å². The van der Waals surface area contributed by atoms with E-state index < -0.39 is 6.10 Å². The second-order valence-electron chi connectivity index (χ2n) is 11.3. The van der Waals surface area contributed by atoms with Crippen molar-refractivity contribution < 1.29 is 19.4 Å². The van der Waals surface area contributed by atoms with Gasteiger partial charge in [0.2, 0.25) is 0 Å². The Labute approximate surface area is 232 Å². The molecule has 0 fully saturated rings. The minimum Gasteiger partial charge on any atom is -0.457 e. The Kier molecular flexibility index (Phi) is 31.1. The van der Waals surface area contributed by atoms with Gasteiger partial charge in [0.05, 0.1) is 13.2 Å². The molecule has 0 radical (unpaired) electrons. The molecule has 0 aromatic rings. The number of carbonyl (C=O) groups is 1. The molecule has 0 saturated carbocycles. The maximum Gasteiger partial charge on any atom is 0.306 e. The van der Waals surface area contributed by atoms with Crippen LogP contribution in [0.2, 0.25) is 0 Å². The van der Waals surface area contributed by atoms with Gasteiger partial charge in [-0.15, -0.1) is 0 Å². The van der Waals surface area contributed by atoms with Crippen LogP contribution in [0.25, 0.3) is 0 Å². The molecule has 1 atom stereocenters. The number of rotatable bonds is 31. The van der Waals surface area contributed by atoms with Crippen LogP contribution in [-0.4, -0.2) is 37.0 Å². The number of esters is 1. The summed E-state index contributed by atoms with van der Waals surface area (Å²) in [7, 11) is 0. The molecule has 4 heteroatoms. The van der Waals surface area contributed by atoms with Crippen molar-refractivity contribution in [1.29, 1.82) is 0 Å². The van der Waals surface area contributed by atoms with Crippen molar-refractivity contribution in [1.82, 2.24) is 0 Å². The lowest BCUT2D eigenvalue weighted by atomic mass is 10.0. The molecule has 0 aliphatic heterocycles. The SMILES string of the molecule is CCCCCCCCCCCCCCCCCCCCCCOCC(CO)OC(=O)CCCCCCC. The van der Waals surface area contributed by atoms with Crippen LogP contribution < -0.4 is 0 Å². The fourth-order valence-corrected chi connectivity index (χ4v) is 4.92. The lowest BCUT2D eigenvalue weighted by molar-refractivity contribution is -0.154. The fourth-order valence-electron chi connectivity index (χ4n) is 4.92. The lowest BCUT2D eigenvalue weighted by Crippen LogP contribution is -2.27. The van der Waals surface area contributed by atoms with Gasteiger partial charge in [-0.05, 0) is 12.8 Å². The van der Waals surface area contributed by atoms with E-state index in [1.807, 2.05) is 0 Å². The number of ether oxygens (including phenoxy) is 2. The van der Waals surface area contributed by atoms with Crippen molar-refractivity contribution in [3.8, 4) is 0 Å². The van der Waals surface area contributed by atoms with Crippen LogP contribution in [0.3, 0.4) is 0 Å². The van der Waals surface area contributed by atoms with E-state index in [1.54, 1.807) is 0 Å². The maximum absolute atomic E-state index is 11.9. The van der Waals surface area contributed by atoms with Crippen molar-refractivity contribution >= 4 is 5.97 Å². The zero-order valence-electron chi connectivity index (χ0n) is 25.3. The van der Waals surface area contributed by atoms with E-state index >= 15 is 0 Å². The van der Waals surface area contributed by atoms with Gasteiger partial charge in [0.25, 0.3) is 0 Å². The van der Waals surface area contributed by atoms with E-state index in [4.69, 9.17) is 9.47 Å². The molecular formula is C33H66O4. The summed E-state index contributed by atoms with van der Waals surface area (Å²) in [5.74, 6) is -0.210. The topological polar surface area (TPSA) is 55.8 Å². The Balaban J connectivity index is 3.28. The number of hydrogen-bond acceptors (Lipinski definition) is 4. The first-order chi connectivity index (χ1) is 18.2. The van der Waals surface area contributed by atoms with Crippen LogP contribution >= 0.6 is 0 Å². The molecule has 0 amide bonds. The molecular weight excluding hydrogens is 460 g/mol. The van der Waals surface area contributed by atoms with Gasteiger partial charge in [0, 0.05) is 13.0 Å². The summed E-state index contributed by atoms with van der Waals surface area (Å²) >= 11 is 0. The van der Waals surface area contributed by atoms with Gasteiger partial charge >= 0.3 is 5.97 Å². The molecule has 0 spiro atoms. The van der Waals surface area contributed by atoms with Crippen LogP contribution in [0.4, 0.5) is 0 Å². The average molecular weight is 527 g/mol. The summed E-state index contributed by atoms with van der Waals surface area (Å²) in [5, 5.41) is 9.43. The van der Waals surface area contributed by atoms with Crippen LogP contribution in [0.5, 0.6) is 0 Å². The van der Waals surface area contributed by atoms with Gasteiger partial charge in [-0.2, -0.15) is 0 Å². The molecule has 37 heavy (non-hydrogen) atoms. The van der Waals surface area contributed by atoms with Crippen LogP contribution in [0, 0.1) is 0 Å². The van der Waals surface area contributed by atoms with Gasteiger partial charge in [0.1, 0.15) is 6.10 Å². The quantitative estimate of drug-likeness (QED) is 0.0721. The van der Waals surface area contributed by atoms with Crippen molar-refractivity contribution in [3.05, 3.63) is 0 Å². The predicted molar refractivity (Wildman–Crippen MR) is 159 cm³/mol. The Morgan fingerprint density at radius 3 is 1.27 bits per heavy atom. The minimum atomic E-state index is -0.520. The van der Waals surface area contributed by atoms with Crippen LogP contribution in [0.1, 0.15) is 181 Å². The van der Waals surface area contributed by atoms with Crippen molar-refractivity contribution in [3.63, 3.8) is 0 Å². The van der Waals surface area contributed by atoms with Crippen LogP contribution in [-0.2, 0) is 14.3 Å². The molecule has 0 aromatic carbocycles. The first-order valence-corrected chi connectivity index (χ1v) is 16.6. The highest BCUT2D eigenvalue weighted by atomic mass is 16.6. The summed E-state index contributed by atoms with van der Waals surface area (Å²) < 4.78 is 11.0. The van der Waals surface area contributed by atoms with E-state index in [9.17, 15) is 9.90 Å². The first-order valence-electron chi connectivity index (χ1n) is 16.6. The van der Waals surface area contributed by atoms with Gasteiger partial charge in [-0.1, -0.05) is 162 Å². The van der Waals surface area contributed by atoms with E-state index in [0.29, 0.717) is 19.6 Å². The van der Waals surface area contributed by atoms with Gasteiger partial charge in [-0.3, -0.25) is 4.79 Å². The summed E-state index contributed by atoms with van der Waals surface area (Å²) in [4.78, 5) is 11.9.